The predicted molar refractivity (Wildman–Crippen MR) is 60.9 cm³/mol. The van der Waals surface area contributed by atoms with Gasteiger partial charge in [-0.15, -0.1) is 11.3 Å². The van der Waals surface area contributed by atoms with Crippen LogP contribution in [0.2, 0.25) is 0 Å². The molecule has 16 heavy (non-hydrogen) atoms. The Morgan fingerprint density at radius 3 is 3.19 bits per heavy atom. The van der Waals surface area contributed by atoms with Gasteiger partial charge in [-0.25, -0.2) is 4.98 Å². The number of hydrogen-bond donors (Lipinski definition) is 2. The third-order valence-corrected chi connectivity index (χ3v) is 2.78. The van der Waals surface area contributed by atoms with Gasteiger partial charge in [0.1, 0.15) is 0 Å². The van der Waals surface area contributed by atoms with Crippen molar-refractivity contribution in [3.8, 4) is 0 Å². The molecule has 2 aromatic rings. The van der Waals surface area contributed by atoms with E-state index in [1.165, 1.54) is 11.3 Å². The summed E-state index contributed by atoms with van der Waals surface area (Å²) in [6.07, 6.45) is 4.71. The zero-order valence-electron chi connectivity index (χ0n) is 8.64. The molecular formula is C10H12N4OS. The van der Waals surface area contributed by atoms with E-state index in [4.69, 9.17) is 0 Å². The van der Waals surface area contributed by atoms with Crippen molar-refractivity contribution in [1.82, 2.24) is 20.5 Å². The molecule has 0 unspecified atom stereocenters. The predicted octanol–water partition coefficient (Wildman–Crippen LogP) is 1.12. The van der Waals surface area contributed by atoms with Crippen LogP contribution in [0.1, 0.15) is 17.7 Å². The molecule has 2 N–H and O–H groups in total. The Bertz CT molecular complexity index is 383. The number of rotatable bonds is 5. The SMILES string of the molecule is O=C(CCc1cn[nH]c1)NCc1cscn1. The highest BCUT2D eigenvalue weighted by Crippen LogP contribution is 2.01. The Hall–Kier alpha value is -1.69. The molecule has 0 bridgehead atoms. The Morgan fingerprint density at radius 1 is 1.56 bits per heavy atom. The van der Waals surface area contributed by atoms with Crippen LogP contribution in [-0.2, 0) is 17.8 Å². The summed E-state index contributed by atoms with van der Waals surface area (Å²) in [5.41, 5.74) is 3.71. The van der Waals surface area contributed by atoms with Gasteiger partial charge in [-0.05, 0) is 12.0 Å². The largest absolute Gasteiger partial charge is 0.350 e. The Kier molecular flexibility index (Phi) is 3.66. The monoisotopic (exact) mass is 236 g/mol. The number of nitrogens with zero attached hydrogens (tertiary/aromatic N) is 2. The van der Waals surface area contributed by atoms with E-state index >= 15 is 0 Å². The van der Waals surface area contributed by atoms with Crippen molar-refractivity contribution in [1.29, 1.82) is 0 Å². The molecule has 0 fully saturated rings. The summed E-state index contributed by atoms with van der Waals surface area (Å²) in [7, 11) is 0. The first-order valence-corrected chi connectivity index (χ1v) is 5.90. The number of aryl methyl sites for hydroxylation is 1. The number of carbonyl (C=O) groups excluding carboxylic acids is 1. The summed E-state index contributed by atoms with van der Waals surface area (Å²) in [6, 6.07) is 0. The van der Waals surface area contributed by atoms with Gasteiger partial charge in [0.05, 0.1) is 23.9 Å². The number of nitrogens with one attached hydrogen (secondary N) is 2. The van der Waals surface area contributed by atoms with Gasteiger partial charge in [0, 0.05) is 18.0 Å². The van der Waals surface area contributed by atoms with Gasteiger partial charge in [0.15, 0.2) is 0 Å². The summed E-state index contributed by atoms with van der Waals surface area (Å²) in [5.74, 6) is 0.0363. The number of thiazole rings is 1. The van der Waals surface area contributed by atoms with E-state index < -0.39 is 0 Å². The zero-order valence-corrected chi connectivity index (χ0v) is 9.46. The van der Waals surface area contributed by atoms with Crippen LogP contribution >= 0.6 is 11.3 Å². The maximum absolute atomic E-state index is 11.5. The Labute approximate surface area is 96.9 Å². The second-order valence-electron chi connectivity index (χ2n) is 3.36. The summed E-state index contributed by atoms with van der Waals surface area (Å²) in [5, 5.41) is 11.3. The second kappa shape index (κ2) is 5.41. The van der Waals surface area contributed by atoms with Gasteiger partial charge in [0.25, 0.3) is 0 Å². The number of aromatic amines is 1. The van der Waals surface area contributed by atoms with Crippen molar-refractivity contribution < 1.29 is 4.79 Å². The average molecular weight is 236 g/mol. The molecule has 0 spiro atoms. The maximum atomic E-state index is 11.5. The van der Waals surface area contributed by atoms with Gasteiger partial charge >= 0.3 is 0 Å². The molecule has 0 aliphatic rings. The van der Waals surface area contributed by atoms with E-state index in [1.54, 1.807) is 17.9 Å². The van der Waals surface area contributed by atoms with Crippen molar-refractivity contribution >= 4 is 17.2 Å². The normalized spacial score (nSPS) is 10.2. The summed E-state index contributed by atoms with van der Waals surface area (Å²) < 4.78 is 0. The van der Waals surface area contributed by atoms with Crippen molar-refractivity contribution in [2.45, 2.75) is 19.4 Å². The number of H-pyrrole nitrogens is 1. The lowest BCUT2D eigenvalue weighted by Gasteiger charge is -2.01. The minimum atomic E-state index is 0.0363. The molecule has 0 aliphatic carbocycles. The van der Waals surface area contributed by atoms with E-state index in [0.29, 0.717) is 19.4 Å². The lowest BCUT2D eigenvalue weighted by Crippen LogP contribution is -2.23. The number of carbonyl (C=O) groups is 1. The summed E-state index contributed by atoms with van der Waals surface area (Å²) in [6.45, 7) is 0.508. The van der Waals surface area contributed by atoms with Crippen LogP contribution in [0, 0.1) is 0 Å². The van der Waals surface area contributed by atoms with Gasteiger partial charge in [-0.1, -0.05) is 0 Å². The van der Waals surface area contributed by atoms with Gasteiger partial charge in [-0.3, -0.25) is 9.89 Å². The summed E-state index contributed by atoms with van der Waals surface area (Å²) in [4.78, 5) is 15.6. The van der Waals surface area contributed by atoms with E-state index in [0.717, 1.165) is 11.3 Å². The molecule has 6 heteroatoms. The highest BCUT2D eigenvalue weighted by atomic mass is 32.1. The molecule has 0 radical (unpaired) electrons. The summed E-state index contributed by atoms with van der Waals surface area (Å²) >= 11 is 1.53. The highest BCUT2D eigenvalue weighted by molar-refractivity contribution is 7.07. The average Bonchev–Trinajstić information content (AvgIpc) is 2.96. The molecular weight excluding hydrogens is 224 g/mol. The lowest BCUT2D eigenvalue weighted by molar-refractivity contribution is -0.121. The molecule has 0 saturated heterocycles. The van der Waals surface area contributed by atoms with Crippen LogP contribution in [0.25, 0.3) is 0 Å². The van der Waals surface area contributed by atoms with E-state index in [9.17, 15) is 4.79 Å². The fourth-order valence-corrected chi connectivity index (χ4v) is 1.83. The van der Waals surface area contributed by atoms with Gasteiger partial charge < -0.3 is 5.32 Å². The topological polar surface area (TPSA) is 70.7 Å². The molecule has 0 aliphatic heterocycles. The van der Waals surface area contributed by atoms with E-state index in [1.807, 2.05) is 5.38 Å². The maximum Gasteiger partial charge on any atom is 0.220 e. The quantitative estimate of drug-likeness (QED) is 0.817. The highest BCUT2D eigenvalue weighted by Gasteiger charge is 2.03. The first-order valence-electron chi connectivity index (χ1n) is 4.96. The number of amides is 1. The molecule has 0 aromatic carbocycles. The molecule has 2 rings (SSSR count). The van der Waals surface area contributed by atoms with Gasteiger partial charge in [-0.2, -0.15) is 5.10 Å². The lowest BCUT2D eigenvalue weighted by atomic mass is 10.2. The first-order chi connectivity index (χ1) is 7.84. The smallest absolute Gasteiger partial charge is 0.220 e. The van der Waals surface area contributed by atoms with Crippen molar-refractivity contribution in [2.24, 2.45) is 0 Å². The third kappa shape index (κ3) is 3.16. The first kappa shape index (κ1) is 10.8. The fourth-order valence-electron chi connectivity index (χ4n) is 1.27. The van der Waals surface area contributed by atoms with Crippen LogP contribution in [-0.4, -0.2) is 21.1 Å². The zero-order chi connectivity index (χ0) is 11.2. The molecule has 2 aromatic heterocycles. The van der Waals surface area contributed by atoms with E-state index in [2.05, 4.69) is 20.5 Å². The fraction of sp³-hybridized carbons (Fsp3) is 0.300. The number of hydrogen-bond acceptors (Lipinski definition) is 4. The van der Waals surface area contributed by atoms with Crippen LogP contribution in [0.5, 0.6) is 0 Å². The standard InChI is InChI=1S/C10H12N4OS/c15-10(2-1-8-3-13-14-4-8)11-5-9-6-16-7-12-9/h3-4,6-7H,1-2,5H2,(H,11,15)(H,13,14). The van der Waals surface area contributed by atoms with Crippen LogP contribution in [0.3, 0.4) is 0 Å². The molecule has 5 nitrogen and oxygen atoms in total. The van der Waals surface area contributed by atoms with Crippen molar-refractivity contribution in [3.63, 3.8) is 0 Å². The Morgan fingerprint density at radius 2 is 2.50 bits per heavy atom. The third-order valence-electron chi connectivity index (χ3n) is 2.15. The molecule has 2 heterocycles. The van der Waals surface area contributed by atoms with Crippen LogP contribution < -0.4 is 5.32 Å². The van der Waals surface area contributed by atoms with Crippen LogP contribution in [0.15, 0.2) is 23.3 Å². The molecule has 0 saturated carbocycles. The minimum absolute atomic E-state index is 0.0363. The van der Waals surface area contributed by atoms with Gasteiger partial charge in [0.2, 0.25) is 5.91 Å². The van der Waals surface area contributed by atoms with E-state index in [-0.39, 0.29) is 5.91 Å². The molecule has 1 amide bonds. The minimum Gasteiger partial charge on any atom is -0.350 e. The second-order valence-corrected chi connectivity index (χ2v) is 4.08. The van der Waals surface area contributed by atoms with Crippen LogP contribution in [0.4, 0.5) is 0 Å². The van der Waals surface area contributed by atoms with Crippen molar-refractivity contribution in [2.75, 3.05) is 0 Å². The Balaban J connectivity index is 1.69. The van der Waals surface area contributed by atoms with Crippen molar-refractivity contribution in [3.05, 3.63) is 34.5 Å². The molecule has 0 atom stereocenters. The number of aromatic nitrogens is 3. The molecule has 84 valence electrons.